The van der Waals surface area contributed by atoms with Crippen LogP contribution in [0.5, 0.6) is 5.75 Å². The van der Waals surface area contributed by atoms with Gasteiger partial charge in [-0.2, -0.15) is 0 Å². The van der Waals surface area contributed by atoms with Gasteiger partial charge in [0.1, 0.15) is 17.9 Å². The van der Waals surface area contributed by atoms with Crippen LogP contribution in [0.4, 0.5) is 0 Å². The highest BCUT2D eigenvalue weighted by Gasteiger charge is 2.42. The molecule has 1 spiro atoms. The molecule has 0 aromatic heterocycles. The maximum absolute atomic E-state index is 11.3. The molecule has 1 N–H and O–H groups in total. The summed E-state index contributed by atoms with van der Waals surface area (Å²) < 4.78 is 12.0. The molecule has 2 aliphatic rings. The van der Waals surface area contributed by atoms with Gasteiger partial charge in [0.2, 0.25) is 0 Å². The fourth-order valence-corrected chi connectivity index (χ4v) is 3.59. The van der Waals surface area contributed by atoms with Crippen LogP contribution in [0.1, 0.15) is 54.4 Å². The summed E-state index contributed by atoms with van der Waals surface area (Å²) in [5.74, 6) is -0.478. The molecule has 0 bridgehead atoms. The highest BCUT2D eigenvalue weighted by Crippen LogP contribution is 2.43. The summed E-state index contributed by atoms with van der Waals surface area (Å²) in [7, 11) is 0. The number of aryl methyl sites for hydroxylation is 1. The van der Waals surface area contributed by atoms with Gasteiger partial charge in [0.15, 0.2) is 0 Å². The van der Waals surface area contributed by atoms with Crippen LogP contribution >= 0.6 is 0 Å². The molecule has 1 saturated carbocycles. The van der Waals surface area contributed by atoms with Crippen molar-refractivity contribution in [3.8, 4) is 5.75 Å². The summed E-state index contributed by atoms with van der Waals surface area (Å²) in [6, 6.07) is 5.19. The molecule has 0 radical (unpaired) electrons. The quantitative estimate of drug-likeness (QED) is 0.921. The number of ether oxygens (including phenoxy) is 2. The lowest BCUT2D eigenvalue weighted by molar-refractivity contribution is -0.0510. The molecule has 114 valence electrons. The molecule has 4 heteroatoms. The van der Waals surface area contributed by atoms with Crippen LogP contribution in [0.25, 0.3) is 0 Å². The van der Waals surface area contributed by atoms with Crippen molar-refractivity contribution >= 4 is 5.97 Å². The molecule has 1 aliphatic carbocycles. The van der Waals surface area contributed by atoms with E-state index in [0.717, 1.165) is 31.2 Å². The van der Waals surface area contributed by atoms with E-state index >= 15 is 0 Å². The van der Waals surface area contributed by atoms with E-state index in [1.165, 1.54) is 12.8 Å². The van der Waals surface area contributed by atoms with E-state index in [2.05, 4.69) is 0 Å². The fourth-order valence-electron chi connectivity index (χ4n) is 3.59. The van der Waals surface area contributed by atoms with Gasteiger partial charge in [-0.25, -0.2) is 4.79 Å². The third-order valence-electron chi connectivity index (χ3n) is 4.71. The van der Waals surface area contributed by atoms with Gasteiger partial charge in [0.05, 0.1) is 11.7 Å². The maximum atomic E-state index is 11.3. The minimum absolute atomic E-state index is 0.0874. The Morgan fingerprint density at radius 2 is 2.14 bits per heavy atom. The van der Waals surface area contributed by atoms with Crippen molar-refractivity contribution in [1.29, 1.82) is 0 Å². The van der Waals surface area contributed by atoms with Crippen LogP contribution in [0.2, 0.25) is 0 Å². The Morgan fingerprint density at radius 3 is 2.86 bits per heavy atom. The number of carboxylic acids is 1. The van der Waals surface area contributed by atoms with Crippen LogP contribution < -0.4 is 4.74 Å². The van der Waals surface area contributed by atoms with Crippen molar-refractivity contribution in [2.75, 3.05) is 6.61 Å². The molecule has 1 atom stereocenters. The average molecular weight is 290 g/mol. The highest BCUT2D eigenvalue weighted by atomic mass is 16.6. The van der Waals surface area contributed by atoms with E-state index in [9.17, 15) is 9.90 Å². The Balaban J connectivity index is 1.65. The van der Waals surface area contributed by atoms with Crippen molar-refractivity contribution < 1.29 is 19.4 Å². The second kappa shape index (κ2) is 5.68. The molecule has 21 heavy (non-hydrogen) atoms. The second-order valence-corrected chi connectivity index (χ2v) is 6.24. The van der Waals surface area contributed by atoms with Gasteiger partial charge in [-0.3, -0.25) is 0 Å². The first kappa shape index (κ1) is 14.4. The predicted octanol–water partition coefficient (Wildman–Crippen LogP) is 3.56. The number of hydrogen-bond acceptors (Lipinski definition) is 3. The lowest BCUT2D eigenvalue weighted by Crippen LogP contribution is -2.27. The van der Waals surface area contributed by atoms with E-state index in [-0.39, 0.29) is 17.3 Å². The standard InChI is InChI=1S/C17H22O4/c1-12-5-4-6-14(16(18)19)15(12)20-11-13-7-10-17(21-13)8-2-3-9-17/h4-6,13H,2-3,7-11H2,1H3,(H,18,19). The van der Waals surface area contributed by atoms with Crippen molar-refractivity contribution in [2.45, 2.75) is 57.2 Å². The number of aromatic carboxylic acids is 1. The lowest BCUT2D eigenvalue weighted by atomic mass is 9.98. The Bertz CT molecular complexity index is 532. The average Bonchev–Trinajstić information content (AvgIpc) is 3.08. The number of carboxylic acid groups (broad SMARTS) is 1. The van der Waals surface area contributed by atoms with Crippen LogP contribution in [0, 0.1) is 6.92 Å². The minimum atomic E-state index is -0.951. The van der Waals surface area contributed by atoms with Crippen molar-refractivity contribution in [1.82, 2.24) is 0 Å². The highest BCUT2D eigenvalue weighted by molar-refractivity contribution is 5.91. The van der Waals surface area contributed by atoms with Crippen LogP contribution in [-0.2, 0) is 4.74 Å². The number of benzene rings is 1. The first-order valence-electron chi connectivity index (χ1n) is 7.73. The molecule has 4 nitrogen and oxygen atoms in total. The second-order valence-electron chi connectivity index (χ2n) is 6.24. The molecular weight excluding hydrogens is 268 g/mol. The van der Waals surface area contributed by atoms with Crippen molar-refractivity contribution in [3.63, 3.8) is 0 Å². The summed E-state index contributed by atoms with van der Waals surface area (Å²) in [6.45, 7) is 2.31. The van der Waals surface area contributed by atoms with E-state index in [1.54, 1.807) is 12.1 Å². The van der Waals surface area contributed by atoms with Crippen molar-refractivity contribution in [3.05, 3.63) is 29.3 Å². The Hall–Kier alpha value is -1.55. The summed E-state index contributed by atoms with van der Waals surface area (Å²) in [6.07, 6.45) is 7.05. The first-order chi connectivity index (χ1) is 10.1. The molecule has 1 aliphatic heterocycles. The van der Waals surface area contributed by atoms with Gasteiger partial charge in [-0.1, -0.05) is 25.0 Å². The van der Waals surface area contributed by atoms with E-state index in [1.807, 2.05) is 13.0 Å². The minimum Gasteiger partial charge on any atom is -0.490 e. The third kappa shape index (κ3) is 2.91. The predicted molar refractivity (Wildman–Crippen MR) is 78.9 cm³/mol. The molecule has 1 heterocycles. The zero-order chi connectivity index (χ0) is 14.9. The molecule has 1 saturated heterocycles. The van der Waals surface area contributed by atoms with E-state index in [0.29, 0.717) is 12.4 Å². The molecule has 1 unspecified atom stereocenters. The van der Waals surface area contributed by atoms with Gasteiger partial charge in [0, 0.05) is 0 Å². The molecule has 0 amide bonds. The Labute approximate surface area is 125 Å². The zero-order valence-corrected chi connectivity index (χ0v) is 12.4. The van der Waals surface area contributed by atoms with Gasteiger partial charge in [-0.15, -0.1) is 0 Å². The lowest BCUT2D eigenvalue weighted by Gasteiger charge is -2.24. The summed E-state index contributed by atoms with van der Waals surface area (Å²) in [5.41, 5.74) is 1.17. The van der Waals surface area contributed by atoms with Gasteiger partial charge in [-0.05, 0) is 44.2 Å². The SMILES string of the molecule is Cc1cccc(C(=O)O)c1OCC1CCC2(CCCC2)O1. The Kier molecular flexibility index (Phi) is 3.89. The summed E-state index contributed by atoms with van der Waals surface area (Å²) in [5, 5.41) is 9.24. The van der Waals surface area contributed by atoms with E-state index in [4.69, 9.17) is 9.47 Å². The molecule has 1 aromatic carbocycles. The van der Waals surface area contributed by atoms with Gasteiger partial charge < -0.3 is 14.6 Å². The number of hydrogen-bond donors (Lipinski definition) is 1. The normalized spacial score (nSPS) is 23.6. The smallest absolute Gasteiger partial charge is 0.339 e. The first-order valence-corrected chi connectivity index (χ1v) is 7.73. The van der Waals surface area contributed by atoms with E-state index < -0.39 is 5.97 Å². The Morgan fingerprint density at radius 1 is 1.38 bits per heavy atom. The number of para-hydroxylation sites is 1. The van der Waals surface area contributed by atoms with Gasteiger partial charge in [0.25, 0.3) is 0 Å². The van der Waals surface area contributed by atoms with Crippen molar-refractivity contribution in [2.24, 2.45) is 0 Å². The van der Waals surface area contributed by atoms with Crippen LogP contribution in [-0.4, -0.2) is 29.4 Å². The monoisotopic (exact) mass is 290 g/mol. The van der Waals surface area contributed by atoms with Crippen LogP contribution in [0.15, 0.2) is 18.2 Å². The molecular formula is C17H22O4. The number of carbonyl (C=O) groups is 1. The summed E-state index contributed by atoms with van der Waals surface area (Å²) >= 11 is 0. The summed E-state index contributed by atoms with van der Waals surface area (Å²) in [4.78, 5) is 11.3. The topological polar surface area (TPSA) is 55.8 Å². The molecule has 3 rings (SSSR count). The maximum Gasteiger partial charge on any atom is 0.339 e. The fraction of sp³-hybridized carbons (Fsp3) is 0.588. The molecule has 2 fully saturated rings. The third-order valence-corrected chi connectivity index (χ3v) is 4.71. The largest absolute Gasteiger partial charge is 0.490 e. The van der Waals surface area contributed by atoms with Gasteiger partial charge >= 0.3 is 5.97 Å². The number of rotatable bonds is 4. The zero-order valence-electron chi connectivity index (χ0n) is 12.4. The van der Waals surface area contributed by atoms with Crippen LogP contribution in [0.3, 0.4) is 0 Å². The molecule has 1 aromatic rings.